The maximum absolute atomic E-state index is 12.0. The van der Waals surface area contributed by atoms with Gasteiger partial charge in [-0.2, -0.15) is 0 Å². The quantitative estimate of drug-likeness (QED) is 0.840. The van der Waals surface area contributed by atoms with Crippen LogP contribution in [0.2, 0.25) is 0 Å². The molecule has 0 saturated carbocycles. The summed E-state index contributed by atoms with van der Waals surface area (Å²) in [4.78, 5) is 28.5. The van der Waals surface area contributed by atoms with Crippen molar-refractivity contribution in [3.05, 3.63) is 16.1 Å². The van der Waals surface area contributed by atoms with Crippen molar-refractivity contribution in [2.45, 2.75) is 26.7 Å². The molecule has 0 spiro atoms. The second-order valence-corrected chi connectivity index (χ2v) is 4.70. The number of hydrogen-bond donors (Lipinski definition) is 1. The molecular weight excluding hydrogens is 240 g/mol. The van der Waals surface area contributed by atoms with E-state index >= 15 is 0 Å². The standard InChI is InChI=1S/C11H16N2O3S/c1-3-5-9-12-6-8(17-9)11(16)13(4-2)7-10(14)15/h6H,3-5,7H2,1-2H3,(H,14,15). The third-order valence-corrected chi connectivity index (χ3v) is 3.27. The van der Waals surface area contributed by atoms with E-state index in [4.69, 9.17) is 5.11 Å². The van der Waals surface area contributed by atoms with Crippen molar-refractivity contribution in [1.82, 2.24) is 9.88 Å². The van der Waals surface area contributed by atoms with Crippen molar-refractivity contribution in [2.24, 2.45) is 0 Å². The molecule has 17 heavy (non-hydrogen) atoms. The first kappa shape index (κ1) is 13.6. The second kappa shape index (κ2) is 6.34. The minimum Gasteiger partial charge on any atom is -0.480 e. The molecule has 0 fully saturated rings. The predicted molar refractivity (Wildman–Crippen MR) is 65.3 cm³/mol. The Morgan fingerprint density at radius 2 is 2.18 bits per heavy atom. The van der Waals surface area contributed by atoms with E-state index in [0.29, 0.717) is 11.4 Å². The summed E-state index contributed by atoms with van der Waals surface area (Å²) >= 11 is 1.34. The molecule has 0 atom stereocenters. The zero-order valence-electron chi connectivity index (χ0n) is 9.97. The summed E-state index contributed by atoms with van der Waals surface area (Å²) in [5.41, 5.74) is 0. The highest BCUT2D eigenvalue weighted by molar-refractivity contribution is 7.13. The van der Waals surface area contributed by atoms with Crippen LogP contribution in [0.1, 0.15) is 34.9 Å². The van der Waals surface area contributed by atoms with E-state index in [1.54, 1.807) is 6.92 Å². The van der Waals surface area contributed by atoms with E-state index in [9.17, 15) is 9.59 Å². The van der Waals surface area contributed by atoms with Crippen molar-refractivity contribution in [1.29, 1.82) is 0 Å². The summed E-state index contributed by atoms with van der Waals surface area (Å²) in [5, 5.41) is 9.61. The van der Waals surface area contributed by atoms with Gasteiger partial charge in [0.25, 0.3) is 5.91 Å². The number of aryl methyl sites for hydroxylation is 1. The molecule has 0 unspecified atom stereocenters. The molecule has 94 valence electrons. The number of thiazole rings is 1. The molecule has 6 heteroatoms. The Hall–Kier alpha value is -1.43. The largest absolute Gasteiger partial charge is 0.480 e. The molecule has 1 heterocycles. The number of carbonyl (C=O) groups excluding carboxylic acids is 1. The number of aliphatic carboxylic acids is 1. The lowest BCUT2D eigenvalue weighted by Gasteiger charge is -2.16. The van der Waals surface area contributed by atoms with Crippen LogP contribution in [0.15, 0.2) is 6.20 Å². The van der Waals surface area contributed by atoms with Gasteiger partial charge in [0.2, 0.25) is 0 Å². The van der Waals surface area contributed by atoms with Gasteiger partial charge in [-0.25, -0.2) is 4.98 Å². The van der Waals surface area contributed by atoms with Crippen LogP contribution >= 0.6 is 11.3 Å². The fourth-order valence-electron chi connectivity index (χ4n) is 1.38. The summed E-state index contributed by atoms with van der Waals surface area (Å²) < 4.78 is 0. The summed E-state index contributed by atoms with van der Waals surface area (Å²) in [7, 11) is 0. The smallest absolute Gasteiger partial charge is 0.323 e. The first-order valence-electron chi connectivity index (χ1n) is 5.54. The van der Waals surface area contributed by atoms with E-state index in [1.807, 2.05) is 6.92 Å². The van der Waals surface area contributed by atoms with Gasteiger partial charge in [-0.05, 0) is 19.8 Å². The van der Waals surface area contributed by atoms with Crippen LogP contribution in [0.25, 0.3) is 0 Å². The summed E-state index contributed by atoms with van der Waals surface area (Å²) in [6.45, 7) is 3.92. The molecule has 0 aliphatic rings. The minimum absolute atomic E-state index is 0.255. The molecule has 0 aromatic carbocycles. The highest BCUT2D eigenvalue weighted by atomic mass is 32.1. The Labute approximate surface area is 104 Å². The first-order valence-corrected chi connectivity index (χ1v) is 6.35. The predicted octanol–water partition coefficient (Wildman–Crippen LogP) is 1.64. The van der Waals surface area contributed by atoms with Gasteiger partial charge in [-0.3, -0.25) is 9.59 Å². The van der Waals surface area contributed by atoms with Crippen LogP contribution in [-0.2, 0) is 11.2 Å². The lowest BCUT2D eigenvalue weighted by Crippen LogP contribution is -2.34. The second-order valence-electron chi connectivity index (χ2n) is 3.58. The fraction of sp³-hybridized carbons (Fsp3) is 0.545. The summed E-state index contributed by atoms with van der Waals surface area (Å²) in [6, 6.07) is 0. The minimum atomic E-state index is -1.00. The van der Waals surface area contributed by atoms with Gasteiger partial charge in [0.15, 0.2) is 0 Å². The number of aromatic nitrogens is 1. The Kier molecular flexibility index (Phi) is 5.09. The van der Waals surface area contributed by atoms with E-state index in [-0.39, 0.29) is 12.5 Å². The number of carboxylic acids is 1. The zero-order valence-corrected chi connectivity index (χ0v) is 10.8. The molecule has 1 aromatic heterocycles. The van der Waals surface area contributed by atoms with Crippen LogP contribution in [-0.4, -0.2) is 40.0 Å². The number of carbonyl (C=O) groups is 2. The number of amides is 1. The van der Waals surface area contributed by atoms with Crippen molar-refractivity contribution in [3.8, 4) is 0 Å². The molecule has 0 saturated heterocycles. The van der Waals surface area contributed by atoms with Crippen LogP contribution in [0.3, 0.4) is 0 Å². The SMILES string of the molecule is CCCc1ncc(C(=O)N(CC)CC(=O)O)s1. The van der Waals surface area contributed by atoms with Gasteiger partial charge in [0.05, 0.1) is 11.2 Å². The summed E-state index contributed by atoms with van der Waals surface area (Å²) in [6.07, 6.45) is 3.36. The topological polar surface area (TPSA) is 70.5 Å². The average Bonchev–Trinajstić information content (AvgIpc) is 2.74. The molecule has 0 radical (unpaired) electrons. The molecule has 0 bridgehead atoms. The van der Waals surface area contributed by atoms with Crippen LogP contribution < -0.4 is 0 Å². The maximum atomic E-state index is 12.0. The highest BCUT2D eigenvalue weighted by Gasteiger charge is 2.19. The third-order valence-electron chi connectivity index (χ3n) is 2.22. The Balaban J connectivity index is 2.75. The first-order chi connectivity index (χ1) is 8.08. The molecule has 1 rings (SSSR count). The van der Waals surface area contributed by atoms with Gasteiger partial charge in [0, 0.05) is 6.54 Å². The molecule has 1 aromatic rings. The van der Waals surface area contributed by atoms with E-state index in [2.05, 4.69) is 4.98 Å². The van der Waals surface area contributed by atoms with Crippen molar-refractivity contribution in [2.75, 3.05) is 13.1 Å². The number of hydrogen-bond acceptors (Lipinski definition) is 4. The molecule has 1 N–H and O–H groups in total. The van der Waals surface area contributed by atoms with Crippen LogP contribution in [0, 0.1) is 0 Å². The van der Waals surface area contributed by atoms with Crippen LogP contribution in [0.4, 0.5) is 0 Å². The van der Waals surface area contributed by atoms with E-state index in [0.717, 1.165) is 17.8 Å². The van der Waals surface area contributed by atoms with E-state index < -0.39 is 5.97 Å². The monoisotopic (exact) mass is 256 g/mol. The molecular formula is C11H16N2O3S. The lowest BCUT2D eigenvalue weighted by atomic mass is 10.4. The van der Waals surface area contributed by atoms with Crippen molar-refractivity contribution in [3.63, 3.8) is 0 Å². The zero-order chi connectivity index (χ0) is 12.8. The van der Waals surface area contributed by atoms with E-state index in [1.165, 1.54) is 22.4 Å². The number of nitrogens with zero attached hydrogens (tertiary/aromatic N) is 2. The molecule has 1 amide bonds. The Bertz CT molecular complexity index is 403. The number of carboxylic acid groups (broad SMARTS) is 1. The average molecular weight is 256 g/mol. The van der Waals surface area contributed by atoms with Crippen molar-refractivity contribution < 1.29 is 14.7 Å². The summed E-state index contributed by atoms with van der Waals surface area (Å²) in [5.74, 6) is -1.26. The fourth-order valence-corrected chi connectivity index (χ4v) is 2.37. The van der Waals surface area contributed by atoms with Gasteiger partial charge < -0.3 is 10.0 Å². The van der Waals surface area contributed by atoms with Gasteiger partial charge in [0.1, 0.15) is 11.4 Å². The normalized spacial score (nSPS) is 10.2. The maximum Gasteiger partial charge on any atom is 0.323 e. The molecule has 5 nitrogen and oxygen atoms in total. The van der Waals surface area contributed by atoms with Gasteiger partial charge in [-0.1, -0.05) is 6.92 Å². The molecule has 0 aliphatic heterocycles. The Morgan fingerprint density at radius 3 is 2.71 bits per heavy atom. The number of likely N-dealkylation sites (N-methyl/N-ethyl adjacent to an activating group) is 1. The van der Waals surface area contributed by atoms with Crippen molar-refractivity contribution >= 4 is 23.2 Å². The lowest BCUT2D eigenvalue weighted by molar-refractivity contribution is -0.137. The van der Waals surface area contributed by atoms with Crippen LogP contribution in [0.5, 0.6) is 0 Å². The highest BCUT2D eigenvalue weighted by Crippen LogP contribution is 2.16. The van der Waals surface area contributed by atoms with Gasteiger partial charge in [-0.15, -0.1) is 11.3 Å². The third kappa shape index (κ3) is 3.81. The Morgan fingerprint density at radius 1 is 1.47 bits per heavy atom. The van der Waals surface area contributed by atoms with Gasteiger partial charge >= 0.3 is 5.97 Å². The number of rotatable bonds is 6. The molecule has 0 aliphatic carbocycles.